The van der Waals surface area contributed by atoms with Crippen molar-refractivity contribution < 1.29 is 0 Å². The second-order valence-electron chi connectivity index (χ2n) is 3.66. The zero-order chi connectivity index (χ0) is 10.1. The van der Waals surface area contributed by atoms with Crippen molar-refractivity contribution in [3.63, 3.8) is 0 Å². The van der Waals surface area contributed by atoms with Crippen molar-refractivity contribution in [2.24, 2.45) is 11.3 Å². The van der Waals surface area contributed by atoms with Crippen molar-refractivity contribution >= 4 is 0 Å². The molecule has 0 heterocycles. The van der Waals surface area contributed by atoms with Crippen LogP contribution in [-0.2, 0) is 0 Å². The van der Waals surface area contributed by atoms with Crippen LogP contribution in [0.4, 0.5) is 0 Å². The fourth-order valence-electron chi connectivity index (χ4n) is 1.47. The summed E-state index contributed by atoms with van der Waals surface area (Å²) in [6, 6.07) is 4.40. The van der Waals surface area contributed by atoms with Gasteiger partial charge in [-0.25, -0.2) is 0 Å². The number of nitrogens with zero attached hydrogens (tertiary/aromatic N) is 2. The third-order valence-corrected chi connectivity index (χ3v) is 2.93. The van der Waals surface area contributed by atoms with E-state index in [1.165, 1.54) is 0 Å². The van der Waals surface area contributed by atoms with Crippen molar-refractivity contribution in [2.45, 2.75) is 20.8 Å². The Bertz CT molecular complexity index is 363. The van der Waals surface area contributed by atoms with Gasteiger partial charge in [-0.1, -0.05) is 18.6 Å². The lowest BCUT2D eigenvalue weighted by Gasteiger charge is -2.29. The molecular weight excluding hydrogens is 160 g/mol. The van der Waals surface area contributed by atoms with E-state index in [2.05, 4.69) is 12.1 Å². The zero-order valence-corrected chi connectivity index (χ0v) is 8.13. The number of hydrogen-bond donors (Lipinski definition) is 0. The maximum atomic E-state index is 8.99. The molecule has 1 aliphatic rings. The Morgan fingerprint density at radius 1 is 1.46 bits per heavy atom. The van der Waals surface area contributed by atoms with Gasteiger partial charge in [-0.2, -0.15) is 10.5 Å². The van der Waals surface area contributed by atoms with Crippen molar-refractivity contribution in [2.75, 3.05) is 0 Å². The SMILES string of the molecule is CC1=C(C#N)C=CC(C)(C#N)C1C. The van der Waals surface area contributed by atoms with Gasteiger partial charge in [0, 0.05) is 5.92 Å². The van der Waals surface area contributed by atoms with Gasteiger partial charge in [-0.05, 0) is 19.9 Å². The van der Waals surface area contributed by atoms with Gasteiger partial charge in [0.1, 0.15) is 0 Å². The van der Waals surface area contributed by atoms with Crippen LogP contribution < -0.4 is 0 Å². The van der Waals surface area contributed by atoms with Crippen LogP contribution in [0.5, 0.6) is 0 Å². The smallest absolute Gasteiger partial charge is 0.0991 e. The normalized spacial score (nSPS) is 32.5. The number of hydrogen-bond acceptors (Lipinski definition) is 2. The molecule has 0 radical (unpaired) electrons. The molecule has 0 saturated heterocycles. The molecule has 0 bridgehead atoms. The van der Waals surface area contributed by atoms with Gasteiger partial charge in [0.05, 0.1) is 23.1 Å². The van der Waals surface area contributed by atoms with Crippen LogP contribution in [0, 0.1) is 34.0 Å². The first-order chi connectivity index (χ1) is 6.05. The minimum absolute atomic E-state index is 0.122. The van der Waals surface area contributed by atoms with Gasteiger partial charge in [-0.15, -0.1) is 0 Å². The topological polar surface area (TPSA) is 47.6 Å². The average molecular weight is 172 g/mol. The predicted molar refractivity (Wildman–Crippen MR) is 50.3 cm³/mol. The van der Waals surface area contributed by atoms with Crippen LogP contribution in [0.2, 0.25) is 0 Å². The third-order valence-electron chi connectivity index (χ3n) is 2.93. The second-order valence-corrected chi connectivity index (χ2v) is 3.66. The first kappa shape index (κ1) is 9.55. The molecule has 0 aliphatic heterocycles. The first-order valence-corrected chi connectivity index (χ1v) is 4.26. The molecule has 0 aromatic carbocycles. The standard InChI is InChI=1S/C11H12N2/c1-8-9(2)11(3,7-13)5-4-10(8)6-12/h4-5,9H,1-3H3. The van der Waals surface area contributed by atoms with E-state index < -0.39 is 5.41 Å². The van der Waals surface area contributed by atoms with Gasteiger partial charge in [0.15, 0.2) is 0 Å². The van der Waals surface area contributed by atoms with Crippen molar-refractivity contribution in [1.82, 2.24) is 0 Å². The molecule has 13 heavy (non-hydrogen) atoms. The Morgan fingerprint density at radius 3 is 2.54 bits per heavy atom. The fourth-order valence-corrected chi connectivity index (χ4v) is 1.47. The number of rotatable bonds is 0. The van der Waals surface area contributed by atoms with E-state index in [9.17, 15) is 0 Å². The molecular formula is C11H12N2. The highest BCUT2D eigenvalue weighted by Gasteiger charge is 2.33. The molecule has 2 unspecified atom stereocenters. The summed E-state index contributed by atoms with van der Waals surface area (Å²) >= 11 is 0. The summed E-state index contributed by atoms with van der Waals surface area (Å²) in [5.41, 5.74) is 1.25. The largest absolute Gasteiger partial charge is 0.197 e. The summed E-state index contributed by atoms with van der Waals surface area (Å²) in [6.07, 6.45) is 3.57. The monoisotopic (exact) mass is 172 g/mol. The molecule has 1 aliphatic carbocycles. The van der Waals surface area contributed by atoms with Crippen molar-refractivity contribution in [3.05, 3.63) is 23.3 Å². The Morgan fingerprint density at radius 2 is 2.08 bits per heavy atom. The molecule has 0 spiro atoms. The third kappa shape index (κ3) is 1.36. The molecule has 0 saturated carbocycles. The Balaban J connectivity index is 3.17. The molecule has 0 aromatic heterocycles. The van der Waals surface area contributed by atoms with Crippen LogP contribution >= 0.6 is 0 Å². The average Bonchev–Trinajstić information content (AvgIpc) is 2.15. The molecule has 2 atom stereocenters. The maximum Gasteiger partial charge on any atom is 0.0991 e. The van der Waals surface area contributed by atoms with E-state index in [0.29, 0.717) is 5.57 Å². The predicted octanol–water partition coefficient (Wildman–Crippen LogP) is 2.56. The molecule has 2 heteroatoms. The summed E-state index contributed by atoms with van der Waals surface area (Å²) in [7, 11) is 0. The minimum Gasteiger partial charge on any atom is -0.197 e. The van der Waals surface area contributed by atoms with Crippen molar-refractivity contribution in [1.29, 1.82) is 10.5 Å². The van der Waals surface area contributed by atoms with Gasteiger partial charge in [0.25, 0.3) is 0 Å². The highest BCUT2D eigenvalue weighted by molar-refractivity contribution is 5.44. The number of allylic oxidation sites excluding steroid dienone is 4. The van der Waals surface area contributed by atoms with E-state index in [1.54, 1.807) is 6.08 Å². The summed E-state index contributed by atoms with van der Waals surface area (Å²) in [5.74, 6) is 0.122. The molecule has 0 aromatic rings. The Hall–Kier alpha value is -1.54. The first-order valence-electron chi connectivity index (χ1n) is 4.26. The summed E-state index contributed by atoms with van der Waals surface area (Å²) < 4.78 is 0. The molecule has 0 fully saturated rings. The summed E-state index contributed by atoms with van der Waals surface area (Å²) in [5, 5.41) is 17.8. The summed E-state index contributed by atoms with van der Waals surface area (Å²) in [4.78, 5) is 0. The van der Waals surface area contributed by atoms with Crippen LogP contribution in [0.1, 0.15) is 20.8 Å². The van der Waals surface area contributed by atoms with E-state index in [-0.39, 0.29) is 5.92 Å². The molecule has 1 rings (SSSR count). The van der Waals surface area contributed by atoms with Crippen LogP contribution in [-0.4, -0.2) is 0 Å². The Labute approximate surface area is 78.8 Å². The number of nitriles is 2. The van der Waals surface area contributed by atoms with Crippen LogP contribution in [0.15, 0.2) is 23.3 Å². The van der Waals surface area contributed by atoms with Crippen LogP contribution in [0.25, 0.3) is 0 Å². The van der Waals surface area contributed by atoms with E-state index in [0.717, 1.165) is 5.57 Å². The van der Waals surface area contributed by atoms with E-state index in [1.807, 2.05) is 26.8 Å². The molecule has 2 nitrogen and oxygen atoms in total. The molecule has 0 amide bonds. The van der Waals surface area contributed by atoms with E-state index >= 15 is 0 Å². The second kappa shape index (κ2) is 3.07. The van der Waals surface area contributed by atoms with E-state index in [4.69, 9.17) is 10.5 Å². The van der Waals surface area contributed by atoms with Crippen LogP contribution in [0.3, 0.4) is 0 Å². The van der Waals surface area contributed by atoms with Gasteiger partial charge >= 0.3 is 0 Å². The van der Waals surface area contributed by atoms with Crippen molar-refractivity contribution in [3.8, 4) is 12.1 Å². The molecule has 0 N–H and O–H groups in total. The summed E-state index contributed by atoms with van der Waals surface area (Å²) in [6.45, 7) is 5.80. The minimum atomic E-state index is -0.454. The fraction of sp³-hybridized carbons (Fsp3) is 0.455. The maximum absolute atomic E-state index is 8.99. The molecule has 66 valence electrons. The quantitative estimate of drug-likeness (QED) is 0.563. The lowest BCUT2D eigenvalue weighted by Crippen LogP contribution is -2.25. The van der Waals surface area contributed by atoms with Gasteiger partial charge in [0.2, 0.25) is 0 Å². The lowest BCUT2D eigenvalue weighted by molar-refractivity contribution is 0.409. The zero-order valence-electron chi connectivity index (χ0n) is 8.13. The highest BCUT2D eigenvalue weighted by Crippen LogP contribution is 2.38. The lowest BCUT2D eigenvalue weighted by atomic mass is 9.71. The van der Waals surface area contributed by atoms with Gasteiger partial charge in [-0.3, -0.25) is 0 Å². The highest BCUT2D eigenvalue weighted by atomic mass is 14.4. The van der Waals surface area contributed by atoms with Gasteiger partial charge < -0.3 is 0 Å². The Kier molecular flexibility index (Phi) is 2.26.